The summed E-state index contributed by atoms with van der Waals surface area (Å²) in [5.41, 5.74) is 0. The van der Waals surface area contributed by atoms with E-state index in [4.69, 9.17) is 0 Å². The topological polar surface area (TPSA) is 19.7 Å². The second-order valence-electron chi connectivity index (χ2n) is 5.85. The lowest BCUT2D eigenvalue weighted by Gasteiger charge is -2.08. The zero-order chi connectivity index (χ0) is 13.9. The molecule has 1 atom stereocenters. The van der Waals surface area contributed by atoms with Crippen molar-refractivity contribution in [1.29, 1.82) is 0 Å². The van der Waals surface area contributed by atoms with Crippen LogP contribution in [0.15, 0.2) is 12.4 Å². The van der Waals surface area contributed by atoms with Crippen LogP contribution in [0.2, 0.25) is 0 Å². The number of H-pyrrole nitrogens is 1. The molecule has 0 aromatic carbocycles. The first-order chi connectivity index (χ1) is 9.29. The van der Waals surface area contributed by atoms with Crippen LogP contribution < -0.4 is 4.57 Å². The second kappa shape index (κ2) is 10.1. The summed E-state index contributed by atoms with van der Waals surface area (Å²) in [5.74, 6) is 2.07. The summed E-state index contributed by atoms with van der Waals surface area (Å²) >= 11 is 0. The van der Waals surface area contributed by atoms with Gasteiger partial charge >= 0.3 is 0 Å². The third kappa shape index (κ3) is 6.26. The first-order valence-electron chi connectivity index (χ1n) is 8.36. The molecule has 1 heterocycles. The van der Waals surface area contributed by atoms with Crippen LogP contribution in [0.1, 0.15) is 90.3 Å². The monoisotopic (exact) mass is 265 g/mol. The van der Waals surface area contributed by atoms with Gasteiger partial charge in [-0.2, -0.15) is 0 Å². The number of hydrogen-bond donors (Lipinski definition) is 1. The third-order valence-electron chi connectivity index (χ3n) is 3.97. The zero-order valence-corrected chi connectivity index (χ0v) is 13.3. The summed E-state index contributed by atoms with van der Waals surface area (Å²) in [6.45, 7) is 8.02. The Hall–Kier alpha value is -0.790. The number of aromatic nitrogens is 2. The minimum atomic E-state index is 0.664. The average molecular weight is 265 g/mol. The Morgan fingerprint density at radius 2 is 1.68 bits per heavy atom. The van der Waals surface area contributed by atoms with Crippen molar-refractivity contribution in [3.05, 3.63) is 18.2 Å². The van der Waals surface area contributed by atoms with E-state index < -0.39 is 0 Å². The van der Waals surface area contributed by atoms with Crippen LogP contribution >= 0.6 is 0 Å². The van der Waals surface area contributed by atoms with Crippen molar-refractivity contribution in [2.24, 2.45) is 0 Å². The Morgan fingerprint density at radius 1 is 1.00 bits per heavy atom. The summed E-state index contributed by atoms with van der Waals surface area (Å²) in [5, 5.41) is 0. The van der Waals surface area contributed by atoms with Crippen LogP contribution in [0.25, 0.3) is 0 Å². The molecule has 1 aromatic heterocycles. The zero-order valence-electron chi connectivity index (χ0n) is 13.3. The molecule has 110 valence electrons. The number of nitrogens with zero attached hydrogens (tertiary/aromatic N) is 1. The fraction of sp³-hybridized carbons (Fsp3) is 0.824. The van der Waals surface area contributed by atoms with E-state index in [0.29, 0.717) is 5.92 Å². The SMILES string of the molecule is CCCCCCCCC[C@H](C)c1[nH]cc[n+]1CCC. The van der Waals surface area contributed by atoms with Gasteiger partial charge in [-0.15, -0.1) is 0 Å². The minimum absolute atomic E-state index is 0.664. The van der Waals surface area contributed by atoms with Gasteiger partial charge < -0.3 is 0 Å². The summed E-state index contributed by atoms with van der Waals surface area (Å²) in [6, 6.07) is 0. The van der Waals surface area contributed by atoms with E-state index in [1.165, 1.54) is 63.6 Å². The molecule has 0 saturated carbocycles. The van der Waals surface area contributed by atoms with Gasteiger partial charge in [-0.25, -0.2) is 9.55 Å². The molecule has 2 nitrogen and oxygen atoms in total. The Balaban J connectivity index is 2.16. The molecule has 0 bridgehead atoms. The van der Waals surface area contributed by atoms with E-state index in [-0.39, 0.29) is 0 Å². The molecule has 0 aliphatic rings. The molecule has 0 saturated heterocycles. The lowest BCUT2D eigenvalue weighted by Crippen LogP contribution is -2.36. The number of nitrogens with one attached hydrogen (secondary N) is 1. The number of aryl methyl sites for hydroxylation is 1. The molecule has 1 N–H and O–H groups in total. The van der Waals surface area contributed by atoms with Gasteiger partial charge in [-0.3, -0.25) is 0 Å². The van der Waals surface area contributed by atoms with E-state index in [2.05, 4.69) is 42.7 Å². The Labute approximate surface area is 119 Å². The second-order valence-corrected chi connectivity index (χ2v) is 5.85. The van der Waals surface area contributed by atoms with E-state index in [0.717, 1.165) is 6.54 Å². The molecule has 19 heavy (non-hydrogen) atoms. The minimum Gasteiger partial charge on any atom is -0.247 e. The largest absolute Gasteiger partial charge is 0.257 e. The first-order valence-corrected chi connectivity index (χ1v) is 8.36. The van der Waals surface area contributed by atoms with Gasteiger partial charge in [0.15, 0.2) is 0 Å². The van der Waals surface area contributed by atoms with Crippen LogP contribution in [-0.2, 0) is 6.54 Å². The highest BCUT2D eigenvalue weighted by atomic mass is 15.1. The van der Waals surface area contributed by atoms with Gasteiger partial charge in [0.2, 0.25) is 0 Å². The smallest absolute Gasteiger partial charge is 0.247 e. The van der Waals surface area contributed by atoms with Gasteiger partial charge in [0.1, 0.15) is 12.4 Å². The number of unbranched alkanes of at least 4 members (excludes halogenated alkanes) is 6. The Kier molecular flexibility index (Phi) is 8.61. The molecule has 0 aliphatic heterocycles. The first kappa shape index (κ1) is 16.3. The lowest BCUT2D eigenvalue weighted by atomic mass is 10.0. The van der Waals surface area contributed by atoms with Crippen molar-refractivity contribution in [2.75, 3.05) is 0 Å². The van der Waals surface area contributed by atoms with Crippen LogP contribution in [0, 0.1) is 0 Å². The maximum absolute atomic E-state index is 3.42. The molecule has 0 unspecified atom stereocenters. The van der Waals surface area contributed by atoms with E-state index in [9.17, 15) is 0 Å². The van der Waals surface area contributed by atoms with Gasteiger partial charge in [-0.1, -0.05) is 65.7 Å². The van der Waals surface area contributed by atoms with Gasteiger partial charge in [0.05, 0.1) is 12.5 Å². The average Bonchev–Trinajstić information content (AvgIpc) is 2.86. The lowest BCUT2D eigenvalue weighted by molar-refractivity contribution is -0.704. The van der Waals surface area contributed by atoms with Crippen LogP contribution in [-0.4, -0.2) is 4.98 Å². The highest BCUT2D eigenvalue weighted by Gasteiger charge is 2.17. The van der Waals surface area contributed by atoms with Crippen molar-refractivity contribution < 1.29 is 4.57 Å². The van der Waals surface area contributed by atoms with Crippen molar-refractivity contribution in [2.45, 2.75) is 91.0 Å². The Bertz CT molecular complexity index is 317. The molecule has 2 heteroatoms. The quantitative estimate of drug-likeness (QED) is 0.431. The van der Waals surface area contributed by atoms with E-state index >= 15 is 0 Å². The highest BCUT2D eigenvalue weighted by Crippen LogP contribution is 2.18. The normalized spacial score (nSPS) is 12.8. The Morgan fingerprint density at radius 3 is 2.37 bits per heavy atom. The standard InChI is InChI=1S/C17H32N2/c1-4-6-7-8-9-10-11-12-16(3)17-18-13-15-19(17)14-5-2/h13,15-16H,4-12,14H2,1-3H3/p+1/t16-/m0/s1. The molecule has 0 fully saturated rings. The van der Waals surface area contributed by atoms with Crippen molar-refractivity contribution in [1.82, 2.24) is 4.98 Å². The predicted molar refractivity (Wildman–Crippen MR) is 82.3 cm³/mol. The van der Waals surface area contributed by atoms with Crippen molar-refractivity contribution in [3.63, 3.8) is 0 Å². The molecule has 0 radical (unpaired) electrons. The molecule has 1 aromatic rings. The predicted octanol–water partition coefficient (Wildman–Crippen LogP) is 4.96. The highest BCUT2D eigenvalue weighted by molar-refractivity contribution is 4.86. The summed E-state index contributed by atoms with van der Waals surface area (Å²) < 4.78 is 2.38. The van der Waals surface area contributed by atoms with Gasteiger partial charge in [-0.05, 0) is 12.8 Å². The van der Waals surface area contributed by atoms with E-state index in [1.807, 2.05) is 0 Å². The van der Waals surface area contributed by atoms with E-state index in [1.54, 1.807) is 0 Å². The number of rotatable bonds is 11. The van der Waals surface area contributed by atoms with Gasteiger partial charge in [0, 0.05) is 0 Å². The fourth-order valence-electron chi connectivity index (χ4n) is 2.78. The van der Waals surface area contributed by atoms with Gasteiger partial charge in [0.25, 0.3) is 5.82 Å². The summed E-state index contributed by atoms with van der Waals surface area (Å²) in [7, 11) is 0. The third-order valence-corrected chi connectivity index (χ3v) is 3.97. The van der Waals surface area contributed by atoms with Crippen LogP contribution in [0.4, 0.5) is 0 Å². The number of aromatic amines is 1. The number of hydrogen-bond acceptors (Lipinski definition) is 0. The molecule has 0 spiro atoms. The maximum Gasteiger partial charge on any atom is 0.257 e. The molecule has 0 aliphatic carbocycles. The van der Waals surface area contributed by atoms with Crippen molar-refractivity contribution >= 4 is 0 Å². The van der Waals surface area contributed by atoms with Crippen LogP contribution in [0.5, 0.6) is 0 Å². The molecule has 0 amide bonds. The molecular formula is C17H33N2+. The summed E-state index contributed by atoms with van der Waals surface area (Å²) in [6.07, 6.45) is 16.6. The van der Waals surface area contributed by atoms with Crippen LogP contribution in [0.3, 0.4) is 0 Å². The maximum atomic E-state index is 3.42. The molecule has 1 rings (SSSR count). The van der Waals surface area contributed by atoms with Crippen molar-refractivity contribution in [3.8, 4) is 0 Å². The fourth-order valence-corrected chi connectivity index (χ4v) is 2.78. The number of imidazole rings is 1. The molecular weight excluding hydrogens is 232 g/mol. The summed E-state index contributed by atoms with van der Waals surface area (Å²) in [4.78, 5) is 3.42.